The van der Waals surface area contributed by atoms with Gasteiger partial charge in [-0.25, -0.2) is 4.79 Å². The van der Waals surface area contributed by atoms with E-state index in [0.29, 0.717) is 0 Å². The number of benzene rings is 1. The molecule has 124 valence electrons. The van der Waals surface area contributed by atoms with Crippen molar-refractivity contribution in [3.05, 3.63) is 39.9 Å². The van der Waals surface area contributed by atoms with E-state index in [4.69, 9.17) is 0 Å². The highest BCUT2D eigenvalue weighted by atomic mass is 16.6. The molecule has 0 bridgehead atoms. The molecule has 0 aliphatic rings. The van der Waals surface area contributed by atoms with Crippen LogP contribution in [0.25, 0.3) is 0 Å². The van der Waals surface area contributed by atoms with Crippen LogP contribution >= 0.6 is 0 Å². The number of nitrogens with zero attached hydrogens (tertiary/aromatic N) is 1. The molecule has 0 saturated heterocycles. The molecule has 0 aromatic heterocycles. The highest BCUT2D eigenvalue weighted by Gasteiger charge is 2.24. The van der Waals surface area contributed by atoms with Crippen LogP contribution in [0, 0.1) is 10.1 Å². The number of non-ortho nitro benzene ring substituents is 1. The maximum atomic E-state index is 12.1. The molecule has 9 nitrogen and oxygen atoms in total. The number of carbonyl (C=O) groups excluding carboxylic acids is 3. The third-order valence-corrected chi connectivity index (χ3v) is 2.97. The lowest BCUT2D eigenvalue weighted by Gasteiger charge is -2.15. The van der Waals surface area contributed by atoms with E-state index < -0.39 is 28.8 Å². The number of methoxy groups -OCH3 is 2. The molecule has 0 aliphatic carbocycles. The third-order valence-electron chi connectivity index (χ3n) is 2.97. The fraction of sp³-hybridized carbons (Fsp3) is 0.357. The number of rotatable bonds is 7. The molecule has 1 aromatic carbocycles. The number of nitrogens with one attached hydrogen (secondary N) is 1. The van der Waals surface area contributed by atoms with Crippen molar-refractivity contribution in [3.63, 3.8) is 0 Å². The number of hydrogen-bond donors (Lipinski definition) is 1. The second kappa shape index (κ2) is 8.47. The highest BCUT2D eigenvalue weighted by Crippen LogP contribution is 2.13. The van der Waals surface area contributed by atoms with E-state index in [2.05, 4.69) is 14.8 Å². The number of carbonyl (C=O) groups is 3. The maximum Gasteiger partial charge on any atom is 0.328 e. The minimum Gasteiger partial charge on any atom is -0.469 e. The molecule has 9 heteroatoms. The molecule has 0 radical (unpaired) electrons. The van der Waals surface area contributed by atoms with Gasteiger partial charge in [-0.05, 0) is 12.5 Å². The molecule has 1 rings (SSSR count). The number of ether oxygens (including phenoxy) is 2. The van der Waals surface area contributed by atoms with Crippen LogP contribution in [0.3, 0.4) is 0 Å². The first-order valence-electron chi connectivity index (χ1n) is 6.59. The van der Waals surface area contributed by atoms with E-state index in [-0.39, 0.29) is 24.1 Å². The first-order chi connectivity index (χ1) is 10.9. The largest absolute Gasteiger partial charge is 0.469 e. The zero-order valence-corrected chi connectivity index (χ0v) is 12.6. The second-order valence-electron chi connectivity index (χ2n) is 4.47. The standard InChI is InChI=1S/C14H16N2O7/c1-22-12(17)7-6-11(14(19)23-2)15-13(18)9-4-3-5-10(8-9)16(20)21/h3-5,8,11H,6-7H2,1-2H3,(H,15,18)/t11-/m0/s1. The summed E-state index contributed by atoms with van der Waals surface area (Å²) in [5.41, 5.74) is -0.229. The minimum atomic E-state index is -1.06. The van der Waals surface area contributed by atoms with Crippen LogP contribution in [0.1, 0.15) is 23.2 Å². The predicted octanol–water partition coefficient (Wildman–Crippen LogP) is 0.819. The molecule has 1 N–H and O–H groups in total. The number of amides is 1. The number of nitro benzene ring substituents is 1. The Bertz CT molecular complexity index is 615. The van der Waals surface area contributed by atoms with Gasteiger partial charge in [0.2, 0.25) is 0 Å². The Balaban J connectivity index is 2.83. The Morgan fingerprint density at radius 2 is 1.96 bits per heavy atom. The first kappa shape index (κ1) is 18.1. The van der Waals surface area contributed by atoms with Crippen molar-refractivity contribution in [2.24, 2.45) is 0 Å². The minimum absolute atomic E-state index is 0.0139. The number of nitro groups is 1. The van der Waals surface area contributed by atoms with Crippen LogP contribution in [0.15, 0.2) is 24.3 Å². The molecule has 0 unspecified atom stereocenters. The quantitative estimate of drug-likeness (QED) is 0.447. The van der Waals surface area contributed by atoms with Crippen molar-refractivity contribution in [3.8, 4) is 0 Å². The number of esters is 2. The van der Waals surface area contributed by atoms with Gasteiger partial charge in [-0.15, -0.1) is 0 Å². The highest BCUT2D eigenvalue weighted by molar-refractivity contribution is 5.97. The van der Waals surface area contributed by atoms with Gasteiger partial charge in [0.05, 0.1) is 19.1 Å². The van der Waals surface area contributed by atoms with E-state index in [1.807, 2.05) is 0 Å². The van der Waals surface area contributed by atoms with Crippen LogP contribution in [-0.4, -0.2) is 43.0 Å². The molecule has 23 heavy (non-hydrogen) atoms. The average molecular weight is 324 g/mol. The van der Waals surface area contributed by atoms with Gasteiger partial charge in [0.25, 0.3) is 11.6 Å². The lowest BCUT2D eigenvalue weighted by Crippen LogP contribution is -2.41. The van der Waals surface area contributed by atoms with Crippen LogP contribution in [-0.2, 0) is 19.1 Å². The Hall–Kier alpha value is -2.97. The van der Waals surface area contributed by atoms with Crippen molar-refractivity contribution < 1.29 is 28.8 Å². The summed E-state index contributed by atoms with van der Waals surface area (Å²) >= 11 is 0. The van der Waals surface area contributed by atoms with Gasteiger partial charge < -0.3 is 14.8 Å². The van der Waals surface area contributed by atoms with Gasteiger partial charge in [0.1, 0.15) is 6.04 Å². The van der Waals surface area contributed by atoms with Gasteiger partial charge in [-0.2, -0.15) is 0 Å². The van der Waals surface area contributed by atoms with Crippen LogP contribution in [0.4, 0.5) is 5.69 Å². The molecule has 0 fully saturated rings. The van der Waals surface area contributed by atoms with E-state index in [9.17, 15) is 24.5 Å². The molecular weight excluding hydrogens is 308 g/mol. The summed E-state index contributed by atoms with van der Waals surface area (Å²) in [5, 5.41) is 13.1. The Kier molecular flexibility index (Phi) is 6.66. The van der Waals surface area contributed by atoms with E-state index in [1.165, 1.54) is 25.3 Å². The summed E-state index contributed by atoms with van der Waals surface area (Å²) in [6, 6.07) is 3.99. The zero-order valence-electron chi connectivity index (χ0n) is 12.6. The predicted molar refractivity (Wildman–Crippen MR) is 77.6 cm³/mol. The summed E-state index contributed by atoms with van der Waals surface area (Å²) in [4.78, 5) is 45.0. The normalized spacial score (nSPS) is 11.2. The monoisotopic (exact) mass is 324 g/mol. The average Bonchev–Trinajstić information content (AvgIpc) is 2.57. The van der Waals surface area contributed by atoms with Crippen LogP contribution in [0.5, 0.6) is 0 Å². The van der Waals surface area contributed by atoms with E-state index in [0.717, 1.165) is 13.2 Å². The third kappa shape index (κ3) is 5.38. The lowest BCUT2D eigenvalue weighted by molar-refractivity contribution is -0.384. The molecule has 1 amide bonds. The molecular formula is C14H16N2O7. The summed E-state index contributed by atoms with van der Waals surface area (Å²) < 4.78 is 9.03. The van der Waals surface area contributed by atoms with Crippen LogP contribution in [0.2, 0.25) is 0 Å². The van der Waals surface area contributed by atoms with Crippen molar-refractivity contribution >= 4 is 23.5 Å². The van der Waals surface area contributed by atoms with Gasteiger partial charge in [-0.3, -0.25) is 19.7 Å². The number of hydrogen-bond acceptors (Lipinski definition) is 7. The Morgan fingerprint density at radius 3 is 2.52 bits per heavy atom. The lowest BCUT2D eigenvalue weighted by atomic mass is 10.1. The second-order valence-corrected chi connectivity index (χ2v) is 4.47. The van der Waals surface area contributed by atoms with Crippen molar-refractivity contribution in [2.45, 2.75) is 18.9 Å². The maximum absolute atomic E-state index is 12.1. The summed E-state index contributed by atoms with van der Waals surface area (Å²) in [7, 11) is 2.35. The Morgan fingerprint density at radius 1 is 1.26 bits per heavy atom. The molecule has 0 aliphatic heterocycles. The summed E-state index contributed by atoms with van der Waals surface area (Å²) in [5.74, 6) is -1.95. The molecule has 0 heterocycles. The molecule has 1 atom stereocenters. The van der Waals surface area contributed by atoms with Crippen molar-refractivity contribution in [2.75, 3.05) is 14.2 Å². The SMILES string of the molecule is COC(=O)CC[C@H](NC(=O)c1cccc([N+](=O)[O-])c1)C(=O)OC. The molecule has 0 saturated carbocycles. The fourth-order valence-corrected chi connectivity index (χ4v) is 1.76. The van der Waals surface area contributed by atoms with E-state index >= 15 is 0 Å². The van der Waals surface area contributed by atoms with Crippen LogP contribution < -0.4 is 5.32 Å². The molecule has 1 aromatic rings. The van der Waals surface area contributed by atoms with Gasteiger partial charge in [-0.1, -0.05) is 6.07 Å². The van der Waals surface area contributed by atoms with Crippen molar-refractivity contribution in [1.82, 2.24) is 5.32 Å². The summed E-state index contributed by atoms with van der Waals surface area (Å²) in [6.45, 7) is 0. The van der Waals surface area contributed by atoms with Gasteiger partial charge >= 0.3 is 11.9 Å². The Labute approximate surface area is 131 Å². The van der Waals surface area contributed by atoms with Gasteiger partial charge in [0.15, 0.2) is 0 Å². The topological polar surface area (TPSA) is 125 Å². The van der Waals surface area contributed by atoms with E-state index in [1.54, 1.807) is 0 Å². The van der Waals surface area contributed by atoms with Gasteiger partial charge in [0, 0.05) is 24.1 Å². The summed E-state index contributed by atoms with van der Waals surface area (Å²) in [6.07, 6.45) is -0.106. The first-order valence-corrected chi connectivity index (χ1v) is 6.59. The van der Waals surface area contributed by atoms with Crippen molar-refractivity contribution in [1.29, 1.82) is 0 Å². The zero-order chi connectivity index (χ0) is 17.4. The fourth-order valence-electron chi connectivity index (χ4n) is 1.76. The smallest absolute Gasteiger partial charge is 0.328 e. The molecule has 0 spiro atoms.